The topological polar surface area (TPSA) is 54.4 Å². The first-order chi connectivity index (χ1) is 11.7. The summed E-state index contributed by atoms with van der Waals surface area (Å²) in [4.78, 5) is 24.8. The minimum absolute atomic E-state index is 0.0486. The molecule has 4 rings (SSSR count). The van der Waals surface area contributed by atoms with Gasteiger partial charge in [0.1, 0.15) is 5.78 Å². The minimum atomic E-state index is -0.427. The monoisotopic (exact) mass is 342 g/mol. The quantitative estimate of drug-likeness (QED) is 0.787. The summed E-state index contributed by atoms with van der Waals surface area (Å²) in [6.45, 7) is 8.42. The Kier molecular flexibility index (Phi) is 3.71. The number of hydrogen-bond acceptors (Lipinski definition) is 3. The lowest BCUT2D eigenvalue weighted by atomic mass is 9.46. The first-order valence-corrected chi connectivity index (χ1v) is 9.84. The summed E-state index contributed by atoms with van der Waals surface area (Å²) in [7, 11) is 0. The summed E-state index contributed by atoms with van der Waals surface area (Å²) < 4.78 is 0. The molecule has 0 unspecified atom stereocenters. The van der Waals surface area contributed by atoms with Gasteiger partial charge >= 0.3 is 0 Å². The lowest BCUT2D eigenvalue weighted by Gasteiger charge is -2.58. The summed E-state index contributed by atoms with van der Waals surface area (Å²) in [6.07, 6.45) is 7.74. The highest BCUT2D eigenvalue weighted by atomic mass is 16.3. The third-order valence-electron chi connectivity index (χ3n) is 8.48. The fourth-order valence-corrected chi connectivity index (χ4v) is 6.98. The van der Waals surface area contributed by atoms with Gasteiger partial charge in [0.25, 0.3) is 0 Å². The lowest BCUT2D eigenvalue weighted by Crippen LogP contribution is -2.52. The zero-order valence-electron chi connectivity index (χ0n) is 15.8. The zero-order valence-corrected chi connectivity index (χ0v) is 15.8. The molecule has 136 valence electrons. The number of aliphatic hydroxyl groups is 1. The molecule has 25 heavy (non-hydrogen) atoms. The van der Waals surface area contributed by atoms with Crippen molar-refractivity contribution in [3.05, 3.63) is 23.3 Å². The van der Waals surface area contributed by atoms with E-state index in [4.69, 9.17) is 0 Å². The molecule has 3 fully saturated rings. The molecule has 3 heteroatoms. The van der Waals surface area contributed by atoms with Crippen LogP contribution in [-0.4, -0.2) is 22.8 Å². The van der Waals surface area contributed by atoms with Crippen LogP contribution in [0, 0.1) is 34.5 Å². The molecule has 1 N–H and O–H groups in total. The summed E-state index contributed by atoms with van der Waals surface area (Å²) in [5, 5.41) is 10.4. The Labute approximate surface area is 150 Å². The van der Waals surface area contributed by atoms with Gasteiger partial charge in [-0.3, -0.25) is 9.59 Å². The summed E-state index contributed by atoms with van der Waals surface area (Å²) in [5.41, 5.74) is 2.17. The SMILES string of the molecule is CC1=CC(=O)C=C2CC[C@H]3[C@@H]4[C@@H]([C@H](C)O)CC(=O)[C@@]4(C)CC[C@@H]3[C@@]12C. The smallest absolute Gasteiger partial charge is 0.178 e. The van der Waals surface area contributed by atoms with Crippen molar-refractivity contribution in [1.29, 1.82) is 0 Å². The molecule has 3 nitrogen and oxygen atoms in total. The van der Waals surface area contributed by atoms with Gasteiger partial charge in [0.05, 0.1) is 6.10 Å². The third-order valence-corrected chi connectivity index (χ3v) is 8.48. The third kappa shape index (κ3) is 2.14. The van der Waals surface area contributed by atoms with E-state index in [0.717, 1.165) is 25.7 Å². The first kappa shape index (κ1) is 17.2. The predicted molar refractivity (Wildman–Crippen MR) is 96.8 cm³/mol. The number of carbonyl (C=O) groups excluding carboxylic acids is 2. The first-order valence-electron chi connectivity index (χ1n) is 9.84. The second kappa shape index (κ2) is 5.39. The van der Waals surface area contributed by atoms with Crippen molar-refractivity contribution in [1.82, 2.24) is 0 Å². The highest BCUT2D eigenvalue weighted by molar-refractivity contribution is 6.02. The standard InChI is InChI=1S/C22H30O3/c1-12-9-15(24)10-14-5-6-16-18(22(12,14)4)7-8-21(3)19(25)11-17(13(2)23)20(16)21/h9-10,13,16-18,20,23H,5-8,11H2,1-4H3/t13-,16+,17+,18-,20+,21+,22-/m0/s1. The highest BCUT2D eigenvalue weighted by Crippen LogP contribution is 2.66. The molecule has 0 saturated heterocycles. The molecule has 0 amide bonds. The molecule has 3 saturated carbocycles. The number of Topliss-reactive ketones (excluding diaryl/α,β-unsaturated/α-hetero) is 1. The van der Waals surface area contributed by atoms with E-state index in [1.165, 1.54) is 11.1 Å². The fraction of sp³-hybridized carbons (Fsp3) is 0.727. The highest BCUT2D eigenvalue weighted by Gasteiger charge is 2.62. The molecule has 7 atom stereocenters. The van der Waals surface area contributed by atoms with Gasteiger partial charge < -0.3 is 5.11 Å². The van der Waals surface area contributed by atoms with Crippen LogP contribution in [0.5, 0.6) is 0 Å². The van der Waals surface area contributed by atoms with Crippen LogP contribution in [0.25, 0.3) is 0 Å². The van der Waals surface area contributed by atoms with E-state index in [2.05, 4.69) is 20.8 Å². The molecular formula is C22H30O3. The largest absolute Gasteiger partial charge is 0.393 e. The molecule has 4 aliphatic carbocycles. The number of fused-ring (bicyclic) bond motifs is 5. The van der Waals surface area contributed by atoms with Crippen LogP contribution >= 0.6 is 0 Å². The van der Waals surface area contributed by atoms with Crippen LogP contribution in [-0.2, 0) is 9.59 Å². The number of hydrogen-bond donors (Lipinski definition) is 1. The second-order valence-corrected chi connectivity index (χ2v) is 9.42. The maximum Gasteiger partial charge on any atom is 0.178 e. The molecular weight excluding hydrogens is 312 g/mol. The van der Waals surface area contributed by atoms with Crippen molar-refractivity contribution < 1.29 is 14.7 Å². The minimum Gasteiger partial charge on any atom is -0.393 e. The number of aliphatic hydroxyl groups excluding tert-OH is 1. The predicted octanol–water partition coefficient (Wildman–Crippen LogP) is 3.86. The van der Waals surface area contributed by atoms with E-state index in [9.17, 15) is 14.7 Å². The molecule has 0 aromatic rings. The van der Waals surface area contributed by atoms with Crippen molar-refractivity contribution >= 4 is 11.6 Å². The number of rotatable bonds is 1. The van der Waals surface area contributed by atoms with E-state index in [-0.39, 0.29) is 28.4 Å². The number of carbonyl (C=O) groups is 2. The van der Waals surface area contributed by atoms with Crippen molar-refractivity contribution in [2.24, 2.45) is 34.5 Å². The van der Waals surface area contributed by atoms with E-state index in [0.29, 0.717) is 24.0 Å². The number of ketones is 2. The van der Waals surface area contributed by atoms with Crippen molar-refractivity contribution in [3.8, 4) is 0 Å². The van der Waals surface area contributed by atoms with E-state index in [1.54, 1.807) is 0 Å². The van der Waals surface area contributed by atoms with Crippen LogP contribution in [0.15, 0.2) is 23.3 Å². The van der Waals surface area contributed by atoms with Gasteiger partial charge in [0.15, 0.2) is 5.78 Å². The second-order valence-electron chi connectivity index (χ2n) is 9.42. The average Bonchev–Trinajstić information content (AvgIpc) is 2.81. The van der Waals surface area contributed by atoms with Gasteiger partial charge in [-0.1, -0.05) is 25.0 Å². The van der Waals surface area contributed by atoms with Crippen LogP contribution in [0.1, 0.15) is 59.8 Å². The molecule has 0 aromatic heterocycles. The number of allylic oxidation sites excluding steroid dienone is 4. The molecule has 0 spiro atoms. The van der Waals surface area contributed by atoms with Gasteiger partial charge in [0.2, 0.25) is 0 Å². The van der Waals surface area contributed by atoms with Crippen molar-refractivity contribution in [3.63, 3.8) is 0 Å². The summed E-state index contributed by atoms with van der Waals surface area (Å²) in [5.74, 6) is 1.79. The van der Waals surface area contributed by atoms with Gasteiger partial charge in [-0.15, -0.1) is 0 Å². The summed E-state index contributed by atoms with van der Waals surface area (Å²) in [6, 6.07) is 0. The van der Waals surface area contributed by atoms with Crippen molar-refractivity contribution in [2.45, 2.75) is 65.9 Å². The van der Waals surface area contributed by atoms with Crippen LogP contribution in [0.3, 0.4) is 0 Å². The van der Waals surface area contributed by atoms with Gasteiger partial charge in [0, 0.05) is 17.3 Å². The molecule has 0 heterocycles. The Morgan fingerprint density at radius 2 is 1.92 bits per heavy atom. The van der Waals surface area contributed by atoms with Crippen molar-refractivity contribution in [2.75, 3.05) is 0 Å². The fourth-order valence-electron chi connectivity index (χ4n) is 6.98. The van der Waals surface area contributed by atoms with Crippen LogP contribution < -0.4 is 0 Å². The summed E-state index contributed by atoms with van der Waals surface area (Å²) >= 11 is 0. The Morgan fingerprint density at radius 3 is 2.60 bits per heavy atom. The molecule has 0 aromatic carbocycles. The van der Waals surface area contributed by atoms with Crippen LogP contribution in [0.4, 0.5) is 0 Å². The molecule has 0 bridgehead atoms. The maximum absolute atomic E-state index is 12.8. The molecule has 0 aliphatic heterocycles. The van der Waals surface area contributed by atoms with E-state index in [1.807, 2.05) is 19.1 Å². The van der Waals surface area contributed by atoms with Crippen LogP contribution in [0.2, 0.25) is 0 Å². The zero-order chi connectivity index (χ0) is 18.1. The van der Waals surface area contributed by atoms with Gasteiger partial charge in [-0.05, 0) is 75.4 Å². The van der Waals surface area contributed by atoms with E-state index >= 15 is 0 Å². The average molecular weight is 342 g/mol. The Morgan fingerprint density at radius 1 is 1.20 bits per heavy atom. The Balaban J connectivity index is 1.77. The van der Waals surface area contributed by atoms with Gasteiger partial charge in [-0.25, -0.2) is 0 Å². The normalized spacial score (nSPS) is 47.4. The van der Waals surface area contributed by atoms with Gasteiger partial charge in [-0.2, -0.15) is 0 Å². The Hall–Kier alpha value is -1.22. The van der Waals surface area contributed by atoms with E-state index < -0.39 is 6.10 Å². The molecule has 4 aliphatic rings. The lowest BCUT2D eigenvalue weighted by molar-refractivity contribution is -0.132. The maximum atomic E-state index is 12.8. The molecule has 0 radical (unpaired) electrons. The Bertz CT molecular complexity index is 700.